The fraction of sp³-hybridized carbons (Fsp3) is 0.600. The van der Waals surface area contributed by atoms with Gasteiger partial charge in [0.05, 0.1) is 31.0 Å². The molecule has 256 valence electrons. The zero-order valence-corrected chi connectivity index (χ0v) is 30.0. The van der Waals surface area contributed by atoms with Crippen LogP contribution < -0.4 is 19.3 Å². The van der Waals surface area contributed by atoms with Gasteiger partial charge in [0.25, 0.3) is 0 Å². The summed E-state index contributed by atoms with van der Waals surface area (Å²) in [4.78, 5) is 4.66. The van der Waals surface area contributed by atoms with Gasteiger partial charge in [-0.25, -0.2) is 0 Å². The van der Waals surface area contributed by atoms with Crippen LogP contribution in [0.4, 0.5) is 11.4 Å². The van der Waals surface area contributed by atoms with Crippen LogP contribution in [0.1, 0.15) is 117 Å². The fourth-order valence-corrected chi connectivity index (χ4v) is 6.77. The summed E-state index contributed by atoms with van der Waals surface area (Å²) < 4.78 is 19.7. The molecule has 6 heteroatoms. The molecule has 1 N–H and O–H groups in total. The number of allylic oxidation sites excluding steroid dienone is 4. The summed E-state index contributed by atoms with van der Waals surface area (Å²) in [7, 11) is 0. The molecule has 1 aliphatic carbocycles. The largest absolute Gasteiger partial charge is 0.512 e. The van der Waals surface area contributed by atoms with Crippen LogP contribution >= 0.6 is 0 Å². The second-order valence-electron chi connectivity index (χ2n) is 12.2. The van der Waals surface area contributed by atoms with E-state index in [1.165, 1.54) is 38.5 Å². The minimum atomic E-state index is -0.836. The van der Waals surface area contributed by atoms with E-state index >= 15 is 0 Å². The summed E-state index contributed by atoms with van der Waals surface area (Å²) in [5, 5.41) is 11.3. The van der Waals surface area contributed by atoms with Crippen molar-refractivity contribution in [1.29, 1.82) is 0 Å². The predicted molar refractivity (Wildman–Crippen MR) is 195 cm³/mol. The van der Waals surface area contributed by atoms with E-state index in [9.17, 15) is 5.11 Å². The van der Waals surface area contributed by atoms with Gasteiger partial charge in [0.15, 0.2) is 0 Å². The third-order valence-corrected chi connectivity index (χ3v) is 9.26. The van der Waals surface area contributed by atoms with Gasteiger partial charge < -0.3 is 29.1 Å². The molecule has 3 rings (SSSR count). The zero-order valence-electron chi connectivity index (χ0n) is 30.0. The molecule has 6 nitrogen and oxygen atoms in total. The SMILES string of the molecule is CCCCCCCCCCOC1=CC=C(O)CC1(c1ccc(N(CC)CC)cc1OCC)c1ccc(N(CC)CC)cc1OCC. The first kappa shape index (κ1) is 37.2. The Balaban J connectivity index is 2.14. The molecule has 1 aliphatic rings. The van der Waals surface area contributed by atoms with Crippen molar-refractivity contribution in [3.63, 3.8) is 0 Å². The Morgan fingerprint density at radius 1 is 0.609 bits per heavy atom. The van der Waals surface area contributed by atoms with Crippen molar-refractivity contribution in [2.45, 2.75) is 112 Å². The standard InChI is InChI=1S/C40H62N2O4/c1-8-15-16-17-18-19-20-21-28-46-39-27-24-34(43)31-40(39,35-25-22-32(41(9-2)10-3)29-37(35)44-13-6)36-26-23-33(42(11-4)12-5)30-38(36)45-14-7/h22-27,29-30,43H,8-21,28,31H2,1-7H3. The molecule has 2 aromatic carbocycles. The molecule has 0 spiro atoms. The molecule has 0 fully saturated rings. The molecule has 0 saturated heterocycles. The summed E-state index contributed by atoms with van der Waals surface area (Å²) in [6, 6.07) is 13.0. The topological polar surface area (TPSA) is 54.4 Å². The van der Waals surface area contributed by atoms with E-state index in [4.69, 9.17) is 14.2 Å². The number of unbranched alkanes of at least 4 members (excludes halogenated alkanes) is 7. The van der Waals surface area contributed by atoms with Crippen LogP contribution in [-0.2, 0) is 10.2 Å². The zero-order chi connectivity index (χ0) is 33.4. The van der Waals surface area contributed by atoms with Crippen molar-refractivity contribution in [3.8, 4) is 11.5 Å². The number of benzene rings is 2. The first-order valence-electron chi connectivity index (χ1n) is 18.2. The molecular weight excluding hydrogens is 572 g/mol. The van der Waals surface area contributed by atoms with Crippen LogP contribution in [0.15, 0.2) is 60.1 Å². The van der Waals surface area contributed by atoms with Crippen LogP contribution in [0, 0.1) is 0 Å². The number of hydrogen-bond donors (Lipinski definition) is 1. The molecule has 46 heavy (non-hydrogen) atoms. The smallest absolute Gasteiger partial charge is 0.125 e. The lowest BCUT2D eigenvalue weighted by Crippen LogP contribution is -2.35. The maximum atomic E-state index is 11.3. The predicted octanol–water partition coefficient (Wildman–Crippen LogP) is 10.3. The lowest BCUT2D eigenvalue weighted by molar-refractivity contribution is 0.155. The third-order valence-electron chi connectivity index (χ3n) is 9.26. The molecular formula is C40H62N2O4. The normalized spacial score (nSPS) is 14.0. The first-order valence-corrected chi connectivity index (χ1v) is 18.2. The average molecular weight is 635 g/mol. The van der Waals surface area contributed by atoms with Gasteiger partial charge in [-0.3, -0.25) is 0 Å². The van der Waals surface area contributed by atoms with Gasteiger partial charge in [-0.05, 0) is 72.2 Å². The van der Waals surface area contributed by atoms with E-state index in [0.717, 1.165) is 78.8 Å². The fourth-order valence-electron chi connectivity index (χ4n) is 6.77. The van der Waals surface area contributed by atoms with E-state index in [1.807, 2.05) is 19.9 Å². The molecule has 0 unspecified atom stereocenters. The lowest BCUT2D eigenvalue weighted by Gasteiger charge is -2.40. The number of hydrogen-bond acceptors (Lipinski definition) is 6. The molecule has 0 heterocycles. The highest BCUT2D eigenvalue weighted by Gasteiger charge is 2.46. The second kappa shape index (κ2) is 19.4. The number of aliphatic hydroxyl groups is 1. The van der Waals surface area contributed by atoms with E-state index in [0.29, 0.717) is 32.0 Å². The van der Waals surface area contributed by atoms with Gasteiger partial charge in [0, 0.05) is 67.2 Å². The monoisotopic (exact) mass is 634 g/mol. The number of ether oxygens (including phenoxy) is 3. The molecule has 0 bridgehead atoms. The Bertz CT molecular complexity index is 1180. The number of anilines is 2. The van der Waals surface area contributed by atoms with Crippen molar-refractivity contribution in [1.82, 2.24) is 0 Å². The highest BCUT2D eigenvalue weighted by atomic mass is 16.5. The Morgan fingerprint density at radius 3 is 1.54 bits per heavy atom. The summed E-state index contributed by atoms with van der Waals surface area (Å²) in [5.41, 5.74) is 3.36. The number of rotatable bonds is 22. The Morgan fingerprint density at radius 2 is 1.09 bits per heavy atom. The van der Waals surface area contributed by atoms with Crippen LogP contribution in [0.5, 0.6) is 11.5 Å². The summed E-state index contributed by atoms with van der Waals surface area (Å²) >= 11 is 0. The maximum Gasteiger partial charge on any atom is 0.125 e. The van der Waals surface area contributed by atoms with Gasteiger partial charge >= 0.3 is 0 Å². The maximum absolute atomic E-state index is 11.3. The Kier molecular flexibility index (Phi) is 15.7. The van der Waals surface area contributed by atoms with E-state index in [-0.39, 0.29) is 0 Å². The molecule has 0 atom stereocenters. The van der Waals surface area contributed by atoms with Crippen molar-refractivity contribution in [2.24, 2.45) is 0 Å². The van der Waals surface area contributed by atoms with Crippen molar-refractivity contribution in [3.05, 3.63) is 71.2 Å². The second-order valence-corrected chi connectivity index (χ2v) is 12.2. The third kappa shape index (κ3) is 9.17. The van der Waals surface area contributed by atoms with E-state index in [2.05, 4.69) is 80.8 Å². The van der Waals surface area contributed by atoms with Crippen LogP contribution in [0.2, 0.25) is 0 Å². The minimum absolute atomic E-state index is 0.310. The molecule has 0 saturated carbocycles. The molecule has 0 radical (unpaired) electrons. The quantitative estimate of drug-likeness (QED) is 0.130. The van der Waals surface area contributed by atoms with Crippen molar-refractivity contribution in [2.75, 3.05) is 55.8 Å². The highest BCUT2D eigenvalue weighted by Crippen LogP contribution is 2.53. The van der Waals surface area contributed by atoms with Crippen LogP contribution in [0.25, 0.3) is 0 Å². The van der Waals surface area contributed by atoms with Crippen molar-refractivity contribution >= 4 is 11.4 Å². The molecule has 0 amide bonds. The summed E-state index contributed by atoms with van der Waals surface area (Å²) in [6.07, 6.45) is 14.0. The van der Waals surface area contributed by atoms with Gasteiger partial charge in [-0.15, -0.1) is 0 Å². The average Bonchev–Trinajstić information content (AvgIpc) is 3.06. The summed E-state index contributed by atoms with van der Waals surface area (Å²) in [6.45, 7) is 20.3. The Hall–Kier alpha value is -3.28. The van der Waals surface area contributed by atoms with E-state index in [1.54, 1.807) is 6.08 Å². The number of nitrogens with zero attached hydrogens (tertiary/aromatic N) is 2. The lowest BCUT2D eigenvalue weighted by atomic mass is 9.67. The van der Waals surface area contributed by atoms with Gasteiger partial charge in [0.1, 0.15) is 17.3 Å². The highest BCUT2D eigenvalue weighted by molar-refractivity contribution is 5.66. The Labute approximate surface area is 280 Å². The van der Waals surface area contributed by atoms with Gasteiger partial charge in [-0.1, -0.05) is 64.0 Å². The van der Waals surface area contributed by atoms with Gasteiger partial charge in [0.2, 0.25) is 0 Å². The van der Waals surface area contributed by atoms with Gasteiger partial charge in [-0.2, -0.15) is 0 Å². The van der Waals surface area contributed by atoms with E-state index < -0.39 is 5.41 Å². The summed E-state index contributed by atoms with van der Waals surface area (Å²) in [5.74, 6) is 2.74. The molecule has 0 aliphatic heterocycles. The van der Waals surface area contributed by atoms with Crippen LogP contribution in [-0.4, -0.2) is 51.1 Å². The molecule has 2 aromatic rings. The number of aliphatic hydroxyl groups excluding tert-OH is 1. The van der Waals surface area contributed by atoms with Crippen LogP contribution in [0.3, 0.4) is 0 Å². The first-order chi connectivity index (χ1) is 22.4. The molecule has 0 aromatic heterocycles. The van der Waals surface area contributed by atoms with Crippen molar-refractivity contribution < 1.29 is 19.3 Å². The minimum Gasteiger partial charge on any atom is -0.512 e.